The van der Waals surface area contributed by atoms with E-state index in [1.54, 1.807) is 6.20 Å². The molecule has 1 aliphatic heterocycles. The number of hydrogen-bond donors (Lipinski definition) is 2. The molecule has 1 aromatic rings. The van der Waals surface area contributed by atoms with Crippen LogP contribution >= 0.6 is 0 Å². The smallest absolute Gasteiger partial charge is 0.475 e. The second-order valence-electron chi connectivity index (χ2n) is 3.55. The van der Waals surface area contributed by atoms with Gasteiger partial charge in [0, 0.05) is 6.20 Å². The molecule has 2 rings (SSSR count). The van der Waals surface area contributed by atoms with E-state index in [2.05, 4.69) is 10.5 Å². The molecule has 0 bridgehead atoms. The molecule has 1 aliphatic rings. The molecule has 0 saturated carbocycles. The van der Waals surface area contributed by atoms with Gasteiger partial charge in [0.2, 0.25) is 0 Å². The van der Waals surface area contributed by atoms with Crippen molar-refractivity contribution in [2.45, 2.75) is 18.6 Å². The summed E-state index contributed by atoms with van der Waals surface area (Å²) in [5, 5.41) is 7.12. The summed E-state index contributed by atoms with van der Waals surface area (Å²) in [6.07, 6.45) is -1.38. The van der Waals surface area contributed by atoms with Crippen molar-refractivity contribution in [3.05, 3.63) is 29.8 Å². The first-order valence-electron chi connectivity index (χ1n) is 5.08. The molecule has 1 atom stereocenters. The molecule has 106 valence electrons. The van der Waals surface area contributed by atoms with E-state index in [0.717, 1.165) is 12.0 Å². The van der Waals surface area contributed by atoms with Gasteiger partial charge in [0.1, 0.15) is 5.82 Å². The molecular formula is C10H10F4N2O3. The third-order valence-electron chi connectivity index (χ3n) is 2.11. The van der Waals surface area contributed by atoms with Crippen LogP contribution in [-0.2, 0) is 9.63 Å². The molecule has 0 aliphatic carbocycles. The number of carboxylic acids is 1. The van der Waals surface area contributed by atoms with Crippen molar-refractivity contribution in [2.24, 2.45) is 0 Å². The van der Waals surface area contributed by atoms with Crippen LogP contribution in [0.4, 0.5) is 17.6 Å². The zero-order valence-corrected chi connectivity index (χ0v) is 9.45. The van der Waals surface area contributed by atoms with Crippen molar-refractivity contribution in [3.63, 3.8) is 0 Å². The van der Waals surface area contributed by atoms with Crippen molar-refractivity contribution in [1.82, 2.24) is 10.5 Å². The molecule has 19 heavy (non-hydrogen) atoms. The van der Waals surface area contributed by atoms with Crippen molar-refractivity contribution in [3.8, 4) is 0 Å². The number of alkyl halides is 3. The minimum Gasteiger partial charge on any atom is -0.475 e. The van der Waals surface area contributed by atoms with E-state index in [0.29, 0.717) is 6.61 Å². The Morgan fingerprint density at radius 2 is 2.11 bits per heavy atom. The van der Waals surface area contributed by atoms with Crippen LogP contribution in [0.15, 0.2) is 18.5 Å². The third kappa shape index (κ3) is 5.18. The van der Waals surface area contributed by atoms with Gasteiger partial charge in [0.05, 0.1) is 18.8 Å². The van der Waals surface area contributed by atoms with Crippen LogP contribution in [0.2, 0.25) is 0 Å². The van der Waals surface area contributed by atoms with Gasteiger partial charge in [-0.15, -0.1) is 0 Å². The highest BCUT2D eigenvalue weighted by Gasteiger charge is 2.38. The molecule has 1 aromatic heterocycles. The standard InChI is InChI=1S/C8H9FN2O.C2HF3O2/c9-7-3-6(4-10-5-7)8-1-2-12-11-8;3-2(4,5)1(6)7/h3-5,8,11H,1-2H2;(H,6,7)/t8-;/m0./s1. The maximum absolute atomic E-state index is 12.7. The fraction of sp³-hybridized carbons (Fsp3) is 0.400. The van der Waals surface area contributed by atoms with Gasteiger partial charge in [-0.05, 0) is 18.1 Å². The lowest BCUT2D eigenvalue weighted by Crippen LogP contribution is -2.21. The maximum atomic E-state index is 12.7. The molecular weight excluding hydrogens is 272 g/mol. The zero-order valence-electron chi connectivity index (χ0n) is 9.45. The van der Waals surface area contributed by atoms with Crippen LogP contribution in [0, 0.1) is 5.82 Å². The molecule has 0 aromatic carbocycles. The number of halogens is 4. The monoisotopic (exact) mass is 282 g/mol. The maximum Gasteiger partial charge on any atom is 0.490 e. The minimum absolute atomic E-state index is 0.0909. The third-order valence-corrected chi connectivity index (χ3v) is 2.11. The van der Waals surface area contributed by atoms with Gasteiger partial charge in [-0.1, -0.05) is 0 Å². The summed E-state index contributed by atoms with van der Waals surface area (Å²) in [5.74, 6) is -3.06. The molecule has 2 heterocycles. The number of carboxylic acid groups (broad SMARTS) is 1. The predicted octanol–water partition coefficient (Wildman–Crippen LogP) is 1.82. The second kappa shape index (κ2) is 6.43. The number of pyridine rings is 1. The number of hydrogen-bond acceptors (Lipinski definition) is 4. The highest BCUT2D eigenvalue weighted by atomic mass is 19.4. The van der Waals surface area contributed by atoms with Crippen LogP contribution in [0.1, 0.15) is 18.0 Å². The zero-order chi connectivity index (χ0) is 14.5. The van der Waals surface area contributed by atoms with Gasteiger partial charge in [-0.25, -0.2) is 9.18 Å². The van der Waals surface area contributed by atoms with Gasteiger partial charge in [0.15, 0.2) is 0 Å². The number of nitrogens with one attached hydrogen (secondary N) is 1. The van der Waals surface area contributed by atoms with Gasteiger partial charge >= 0.3 is 12.1 Å². The van der Waals surface area contributed by atoms with Crippen molar-refractivity contribution < 1.29 is 32.3 Å². The van der Waals surface area contributed by atoms with Crippen molar-refractivity contribution >= 4 is 5.97 Å². The quantitative estimate of drug-likeness (QED) is 0.769. The Hall–Kier alpha value is -1.74. The molecule has 2 N–H and O–H groups in total. The summed E-state index contributed by atoms with van der Waals surface area (Å²) in [6, 6.07) is 1.56. The average Bonchev–Trinajstić information content (AvgIpc) is 2.81. The largest absolute Gasteiger partial charge is 0.490 e. The SMILES string of the molecule is Fc1cncc([C@@H]2CCON2)c1.O=C(O)C(F)(F)F. The van der Waals surface area contributed by atoms with Crippen molar-refractivity contribution in [2.75, 3.05) is 6.61 Å². The Labute approximate surface area is 105 Å². The van der Waals surface area contributed by atoms with Gasteiger partial charge in [-0.3, -0.25) is 4.98 Å². The molecule has 0 radical (unpaired) electrons. The second-order valence-corrected chi connectivity index (χ2v) is 3.55. The van der Waals surface area contributed by atoms with Gasteiger partial charge < -0.3 is 9.94 Å². The van der Waals surface area contributed by atoms with Crippen LogP contribution in [-0.4, -0.2) is 28.8 Å². The molecule has 1 fully saturated rings. The number of aromatic nitrogens is 1. The summed E-state index contributed by atoms with van der Waals surface area (Å²) < 4.78 is 44.4. The minimum atomic E-state index is -5.08. The van der Waals surface area contributed by atoms with Crippen LogP contribution in [0.3, 0.4) is 0 Å². The van der Waals surface area contributed by atoms with Crippen LogP contribution in [0.5, 0.6) is 0 Å². The molecule has 5 nitrogen and oxygen atoms in total. The predicted molar refractivity (Wildman–Crippen MR) is 54.3 cm³/mol. The highest BCUT2D eigenvalue weighted by molar-refractivity contribution is 5.73. The van der Waals surface area contributed by atoms with Gasteiger partial charge in [-0.2, -0.15) is 18.7 Å². The lowest BCUT2D eigenvalue weighted by molar-refractivity contribution is -0.192. The summed E-state index contributed by atoms with van der Waals surface area (Å²) in [4.78, 5) is 17.6. The Balaban J connectivity index is 0.000000224. The van der Waals surface area contributed by atoms with E-state index in [1.165, 1.54) is 12.3 Å². The number of carbonyl (C=O) groups is 1. The number of aliphatic carboxylic acids is 1. The van der Waals surface area contributed by atoms with E-state index in [-0.39, 0.29) is 11.9 Å². The Kier molecular flexibility index (Phi) is 5.19. The highest BCUT2D eigenvalue weighted by Crippen LogP contribution is 2.20. The molecule has 0 amide bonds. The lowest BCUT2D eigenvalue weighted by Gasteiger charge is -2.06. The van der Waals surface area contributed by atoms with E-state index < -0.39 is 12.1 Å². The van der Waals surface area contributed by atoms with E-state index in [9.17, 15) is 17.6 Å². The van der Waals surface area contributed by atoms with Gasteiger partial charge in [0.25, 0.3) is 0 Å². The fourth-order valence-electron chi connectivity index (χ4n) is 1.25. The normalized spacial score (nSPS) is 18.6. The first-order chi connectivity index (χ1) is 8.80. The first-order valence-corrected chi connectivity index (χ1v) is 5.08. The molecule has 9 heteroatoms. The number of nitrogens with zero attached hydrogens (tertiary/aromatic N) is 1. The molecule has 0 spiro atoms. The first kappa shape index (κ1) is 15.3. The fourth-order valence-corrected chi connectivity index (χ4v) is 1.25. The van der Waals surface area contributed by atoms with E-state index in [4.69, 9.17) is 14.7 Å². The average molecular weight is 282 g/mol. The van der Waals surface area contributed by atoms with Crippen molar-refractivity contribution in [1.29, 1.82) is 0 Å². The lowest BCUT2D eigenvalue weighted by atomic mass is 10.1. The number of rotatable bonds is 1. The van der Waals surface area contributed by atoms with Crippen LogP contribution < -0.4 is 5.48 Å². The summed E-state index contributed by atoms with van der Waals surface area (Å²) in [5.41, 5.74) is 3.63. The Morgan fingerprint density at radius 1 is 1.47 bits per heavy atom. The summed E-state index contributed by atoms with van der Waals surface area (Å²) in [7, 11) is 0. The Bertz CT molecular complexity index is 433. The Morgan fingerprint density at radius 3 is 2.53 bits per heavy atom. The van der Waals surface area contributed by atoms with E-state index >= 15 is 0 Å². The van der Waals surface area contributed by atoms with E-state index in [1.807, 2.05) is 0 Å². The topological polar surface area (TPSA) is 71.5 Å². The summed E-state index contributed by atoms with van der Waals surface area (Å²) >= 11 is 0. The molecule has 0 unspecified atom stereocenters. The summed E-state index contributed by atoms with van der Waals surface area (Å²) in [6.45, 7) is 0.668. The number of hydroxylamine groups is 1. The van der Waals surface area contributed by atoms with Crippen LogP contribution in [0.25, 0.3) is 0 Å². The molecule has 1 saturated heterocycles.